The average Bonchev–Trinajstić information content (AvgIpc) is 2.59. The summed E-state index contributed by atoms with van der Waals surface area (Å²) < 4.78 is 21.4. The third-order valence-corrected chi connectivity index (χ3v) is 3.88. The van der Waals surface area contributed by atoms with Gasteiger partial charge in [-0.3, -0.25) is 0 Å². The first kappa shape index (κ1) is 21.9. The van der Waals surface area contributed by atoms with E-state index in [9.17, 15) is 4.79 Å². The molecule has 0 spiro atoms. The summed E-state index contributed by atoms with van der Waals surface area (Å²) in [4.78, 5) is 11.8. The Kier molecular flexibility index (Phi) is 13.3. The van der Waals surface area contributed by atoms with Gasteiger partial charge in [-0.2, -0.15) is 0 Å². The van der Waals surface area contributed by atoms with Crippen molar-refractivity contribution < 1.29 is 23.7 Å². The molecule has 0 aromatic heterocycles. The van der Waals surface area contributed by atoms with Crippen LogP contribution in [-0.4, -0.2) is 64.9 Å². The molecule has 0 fully saturated rings. The van der Waals surface area contributed by atoms with E-state index in [-0.39, 0.29) is 12.2 Å². The maximum Gasteiger partial charge on any atom is 0.407 e. The van der Waals surface area contributed by atoms with Crippen LogP contribution in [0.3, 0.4) is 0 Å². The van der Waals surface area contributed by atoms with Crippen LogP contribution in [0.2, 0.25) is 0 Å². The Hall–Kier alpha value is -1.15. The van der Waals surface area contributed by atoms with Gasteiger partial charge in [-0.15, -0.1) is 0 Å². The lowest BCUT2D eigenvalue weighted by Gasteiger charge is -2.20. The topological polar surface area (TPSA) is 92.0 Å². The van der Waals surface area contributed by atoms with E-state index in [4.69, 9.17) is 24.7 Å². The van der Waals surface area contributed by atoms with Crippen LogP contribution in [0.4, 0.5) is 4.79 Å². The lowest BCUT2D eigenvalue weighted by molar-refractivity contribution is 0.0161. The van der Waals surface area contributed by atoms with Gasteiger partial charge >= 0.3 is 6.09 Å². The summed E-state index contributed by atoms with van der Waals surface area (Å²) >= 11 is 0. The van der Waals surface area contributed by atoms with Crippen LogP contribution in [-0.2, 0) is 18.9 Å². The highest BCUT2D eigenvalue weighted by atomic mass is 16.6. The molecule has 7 nitrogen and oxygen atoms in total. The number of allylic oxidation sites excluding steroid dienone is 2. The van der Waals surface area contributed by atoms with Gasteiger partial charge in [0.15, 0.2) is 0 Å². The highest BCUT2D eigenvalue weighted by Gasteiger charge is 2.15. The highest BCUT2D eigenvalue weighted by Crippen LogP contribution is 2.19. The number of carbonyl (C=O) groups excluding carboxylic acids is 1. The number of ether oxygens (including phenoxy) is 4. The number of hydrogen-bond acceptors (Lipinski definition) is 6. The quantitative estimate of drug-likeness (QED) is 0.409. The summed E-state index contributed by atoms with van der Waals surface area (Å²) in [5.41, 5.74) is 6.69. The molecule has 0 heterocycles. The zero-order chi connectivity index (χ0) is 18.2. The molecule has 7 heteroatoms. The summed E-state index contributed by atoms with van der Waals surface area (Å²) in [6, 6.07) is 0. The fraction of sp³-hybridized carbons (Fsp3) is 0.833. The number of nitrogens with one attached hydrogen (secondary N) is 1. The lowest BCUT2D eigenvalue weighted by Crippen LogP contribution is -2.32. The predicted octanol–water partition coefficient (Wildman–Crippen LogP) is 2.00. The van der Waals surface area contributed by atoms with Crippen molar-refractivity contribution in [2.75, 3.05) is 52.7 Å². The molecule has 1 atom stereocenters. The first-order valence-corrected chi connectivity index (χ1v) is 9.25. The van der Waals surface area contributed by atoms with E-state index in [2.05, 4.69) is 18.3 Å². The molecular formula is C18H34N2O5. The van der Waals surface area contributed by atoms with Crippen molar-refractivity contribution >= 4 is 6.09 Å². The molecule has 0 bridgehead atoms. The molecule has 1 aliphatic carbocycles. The monoisotopic (exact) mass is 358 g/mol. The van der Waals surface area contributed by atoms with Crippen LogP contribution in [0.25, 0.3) is 0 Å². The Morgan fingerprint density at radius 1 is 1.12 bits per heavy atom. The van der Waals surface area contributed by atoms with Crippen LogP contribution in [0.1, 0.15) is 39.0 Å². The fourth-order valence-electron chi connectivity index (χ4n) is 2.49. The van der Waals surface area contributed by atoms with Crippen molar-refractivity contribution in [3.05, 3.63) is 11.6 Å². The number of rotatable bonds is 12. The van der Waals surface area contributed by atoms with E-state index in [1.165, 1.54) is 5.57 Å². The van der Waals surface area contributed by atoms with Gasteiger partial charge in [0, 0.05) is 13.1 Å². The van der Waals surface area contributed by atoms with Gasteiger partial charge in [0.25, 0.3) is 0 Å². The Morgan fingerprint density at radius 3 is 2.52 bits per heavy atom. The van der Waals surface area contributed by atoms with E-state index in [1.54, 1.807) is 0 Å². The van der Waals surface area contributed by atoms with Gasteiger partial charge in [-0.1, -0.05) is 11.6 Å². The first-order chi connectivity index (χ1) is 12.2. The van der Waals surface area contributed by atoms with Crippen molar-refractivity contribution in [3.8, 4) is 0 Å². The number of amides is 1. The van der Waals surface area contributed by atoms with Gasteiger partial charge in [0.1, 0.15) is 6.10 Å². The molecule has 1 rings (SSSR count). The fourth-order valence-corrected chi connectivity index (χ4v) is 2.49. The van der Waals surface area contributed by atoms with Crippen LogP contribution in [0.15, 0.2) is 11.6 Å². The van der Waals surface area contributed by atoms with Gasteiger partial charge < -0.3 is 30.0 Å². The maximum absolute atomic E-state index is 11.8. The average molecular weight is 358 g/mol. The molecule has 0 aromatic carbocycles. The summed E-state index contributed by atoms with van der Waals surface area (Å²) in [6.45, 7) is 6.16. The largest absolute Gasteiger partial charge is 0.446 e. The van der Waals surface area contributed by atoms with Crippen LogP contribution in [0.5, 0.6) is 0 Å². The maximum atomic E-state index is 11.8. The van der Waals surface area contributed by atoms with Gasteiger partial charge in [-0.05, 0) is 39.0 Å². The lowest BCUT2D eigenvalue weighted by atomic mass is 9.99. The first-order valence-electron chi connectivity index (χ1n) is 9.25. The zero-order valence-corrected chi connectivity index (χ0v) is 15.5. The molecule has 0 saturated heterocycles. The van der Waals surface area contributed by atoms with E-state index in [1.807, 2.05) is 0 Å². The van der Waals surface area contributed by atoms with E-state index < -0.39 is 0 Å². The molecule has 0 aliphatic heterocycles. The van der Waals surface area contributed by atoms with E-state index >= 15 is 0 Å². The van der Waals surface area contributed by atoms with Crippen LogP contribution >= 0.6 is 0 Å². The van der Waals surface area contributed by atoms with E-state index in [0.717, 1.165) is 32.1 Å². The second kappa shape index (κ2) is 15.1. The molecule has 3 N–H and O–H groups in total. The Labute approximate surface area is 151 Å². The predicted molar refractivity (Wildman–Crippen MR) is 96.6 cm³/mol. The molecule has 1 unspecified atom stereocenters. The molecule has 1 aliphatic rings. The zero-order valence-electron chi connectivity index (χ0n) is 15.5. The summed E-state index contributed by atoms with van der Waals surface area (Å²) in [6.07, 6.45) is 6.91. The Balaban J connectivity index is 1.92. The molecule has 0 aromatic rings. The highest BCUT2D eigenvalue weighted by molar-refractivity contribution is 5.67. The van der Waals surface area contributed by atoms with Crippen molar-refractivity contribution in [1.82, 2.24) is 5.32 Å². The third-order valence-electron chi connectivity index (χ3n) is 3.88. The standard InChI is InChI=1S/C18H34N2O5/c1-16-4-2-3-5-17(7-6-16)25-18(21)20-9-11-23-13-15-24-14-12-22-10-8-19/h4,17H,2-3,5-15,19H2,1H3,(H,20,21)/b16-4+. The minimum Gasteiger partial charge on any atom is -0.446 e. The van der Waals surface area contributed by atoms with Crippen LogP contribution in [0, 0.1) is 0 Å². The SMILES string of the molecule is C/C1=C\CCCC(OC(=O)NCCOCCOCCOCCN)CC1. The molecule has 146 valence electrons. The second-order valence-corrected chi connectivity index (χ2v) is 6.10. The molecule has 0 saturated carbocycles. The Bertz CT molecular complexity index is 376. The normalized spacial score (nSPS) is 20.2. The molecule has 0 radical (unpaired) electrons. The summed E-state index contributed by atoms with van der Waals surface area (Å²) in [7, 11) is 0. The van der Waals surface area contributed by atoms with Crippen molar-refractivity contribution in [1.29, 1.82) is 0 Å². The minimum atomic E-state index is -0.357. The molecule has 1 amide bonds. The van der Waals surface area contributed by atoms with Gasteiger partial charge in [0.05, 0.1) is 39.6 Å². The summed E-state index contributed by atoms with van der Waals surface area (Å²) in [5.74, 6) is 0. The third kappa shape index (κ3) is 12.8. The molecular weight excluding hydrogens is 324 g/mol. The number of nitrogens with two attached hydrogens (primary N) is 1. The van der Waals surface area contributed by atoms with Crippen molar-refractivity contribution in [2.45, 2.75) is 45.1 Å². The smallest absolute Gasteiger partial charge is 0.407 e. The van der Waals surface area contributed by atoms with Crippen molar-refractivity contribution in [2.24, 2.45) is 5.73 Å². The number of alkyl carbamates (subject to hydrolysis) is 1. The van der Waals surface area contributed by atoms with E-state index in [0.29, 0.717) is 52.7 Å². The minimum absolute atomic E-state index is 0.0134. The second-order valence-electron chi connectivity index (χ2n) is 6.10. The number of carbonyl (C=O) groups is 1. The van der Waals surface area contributed by atoms with Gasteiger partial charge in [-0.25, -0.2) is 4.79 Å². The van der Waals surface area contributed by atoms with Gasteiger partial charge in [0.2, 0.25) is 0 Å². The Morgan fingerprint density at radius 2 is 1.80 bits per heavy atom. The van der Waals surface area contributed by atoms with Crippen molar-refractivity contribution in [3.63, 3.8) is 0 Å². The van der Waals surface area contributed by atoms with Crippen LogP contribution < -0.4 is 11.1 Å². The molecule has 25 heavy (non-hydrogen) atoms. The number of hydrogen-bond donors (Lipinski definition) is 2. The summed E-state index contributed by atoms with van der Waals surface area (Å²) in [5, 5.41) is 2.73.